The molecule has 0 aliphatic heterocycles. The van der Waals surface area contributed by atoms with Crippen LogP contribution >= 0.6 is 0 Å². The Morgan fingerprint density at radius 3 is 1.03 bits per heavy atom. The van der Waals surface area contributed by atoms with Gasteiger partial charge in [0.1, 0.15) is 0 Å². The first-order valence-electron chi connectivity index (χ1n) is 21.1. The zero-order valence-electron chi connectivity index (χ0n) is 35.3. The van der Waals surface area contributed by atoms with Crippen molar-refractivity contribution in [1.82, 2.24) is 49.0 Å². The molecule has 0 N–H and O–H groups in total. The largest absolute Gasteiger partial charge is 0.319 e. The molecule has 0 spiro atoms. The van der Waals surface area contributed by atoms with Gasteiger partial charge in [0.05, 0.1) is 45.6 Å². The molecule has 6 heterocycles. The van der Waals surface area contributed by atoms with Crippen LogP contribution in [0.2, 0.25) is 0 Å². The molecular formula is C53H26F5N11. The summed E-state index contributed by atoms with van der Waals surface area (Å²) in [6.07, 6.45) is 12.8. The van der Waals surface area contributed by atoms with E-state index in [4.69, 9.17) is 6.57 Å². The van der Waals surface area contributed by atoms with Gasteiger partial charge >= 0.3 is 0 Å². The molecule has 16 heteroatoms. The van der Waals surface area contributed by atoms with Gasteiger partial charge in [0.2, 0.25) is 11.5 Å². The minimum absolute atomic E-state index is 0.192. The lowest BCUT2D eigenvalue weighted by molar-refractivity contribution is 0.381. The monoisotopic (exact) mass is 911 g/mol. The summed E-state index contributed by atoms with van der Waals surface area (Å²) in [6, 6.07) is 31.5. The number of nitrogens with zero attached hydrogens (tertiary/aromatic N) is 11. The van der Waals surface area contributed by atoms with Crippen LogP contribution in [0.3, 0.4) is 0 Å². The summed E-state index contributed by atoms with van der Waals surface area (Å²) in [7, 11) is 0. The van der Waals surface area contributed by atoms with Gasteiger partial charge in [0.15, 0.2) is 46.6 Å². The fourth-order valence-electron chi connectivity index (χ4n) is 9.02. The molecule has 12 rings (SSSR count). The lowest BCUT2D eigenvalue weighted by Crippen LogP contribution is -2.08. The molecule has 0 aliphatic carbocycles. The standard InChI is InChI=1S/C53H26F5N11/c1-59-48-37(68-38-24-28(50-60-16-2-17-61-50)6-10-32(38)33-11-7-29(25-39(33)68)51-62-18-3-19-63-51)15-14-36(42-43(54)45(56)47(58)46(57)44(42)55)49(48)69-40-26-30(52-64-20-4-21-65-52)8-12-34(40)35-13-9-31(27-41(35)69)53-66-22-5-23-67-53/h2-27H. The molecule has 0 saturated carbocycles. The van der Waals surface area contributed by atoms with Gasteiger partial charge in [-0.1, -0.05) is 54.6 Å². The Morgan fingerprint density at radius 1 is 0.377 bits per heavy atom. The highest BCUT2D eigenvalue weighted by atomic mass is 19.2. The van der Waals surface area contributed by atoms with Crippen molar-refractivity contribution < 1.29 is 22.0 Å². The van der Waals surface area contributed by atoms with E-state index in [0.717, 1.165) is 10.8 Å². The van der Waals surface area contributed by atoms with E-state index >= 15 is 17.6 Å². The van der Waals surface area contributed by atoms with Gasteiger partial charge in [-0.15, -0.1) is 0 Å². The molecule has 0 atom stereocenters. The Morgan fingerprint density at radius 2 is 0.696 bits per heavy atom. The molecule has 0 aliphatic rings. The summed E-state index contributed by atoms with van der Waals surface area (Å²) in [4.78, 5) is 39.9. The first-order chi connectivity index (χ1) is 33.8. The summed E-state index contributed by atoms with van der Waals surface area (Å²) < 4.78 is 82.2. The maximum Gasteiger partial charge on any atom is 0.234 e. The molecule has 0 saturated heterocycles. The second kappa shape index (κ2) is 16.1. The Balaban J connectivity index is 1.27. The molecule has 6 aromatic heterocycles. The normalized spacial score (nSPS) is 11.5. The molecule has 11 nitrogen and oxygen atoms in total. The molecule has 0 fully saturated rings. The maximum absolute atomic E-state index is 16.5. The van der Waals surface area contributed by atoms with Gasteiger partial charge < -0.3 is 9.13 Å². The predicted octanol–water partition coefficient (Wildman–Crippen LogP) is 12.6. The molecule has 0 amide bonds. The summed E-state index contributed by atoms with van der Waals surface area (Å²) in [5.74, 6) is -9.25. The molecule has 0 radical (unpaired) electrons. The van der Waals surface area contributed by atoms with E-state index in [-0.39, 0.29) is 17.1 Å². The van der Waals surface area contributed by atoms with Gasteiger partial charge in [0.25, 0.3) is 0 Å². The quantitative estimate of drug-likeness (QED) is 0.0671. The number of fused-ring (bicyclic) bond motifs is 6. The lowest BCUT2D eigenvalue weighted by Gasteiger charge is -2.21. The van der Waals surface area contributed by atoms with Crippen molar-refractivity contribution in [2.75, 3.05) is 0 Å². The van der Waals surface area contributed by atoms with E-state index in [1.807, 2.05) is 65.2 Å². The van der Waals surface area contributed by atoms with Crippen LogP contribution in [-0.4, -0.2) is 49.0 Å². The minimum Gasteiger partial charge on any atom is -0.319 e. The fraction of sp³-hybridized carbons (Fsp3) is 0. The van der Waals surface area contributed by atoms with Crippen molar-refractivity contribution in [3.63, 3.8) is 0 Å². The first-order valence-corrected chi connectivity index (χ1v) is 21.1. The Labute approximate surface area is 386 Å². The Bertz CT molecular complexity index is 3860. The second-order valence-electron chi connectivity index (χ2n) is 15.8. The first kappa shape index (κ1) is 40.9. The van der Waals surface area contributed by atoms with Crippen molar-refractivity contribution in [3.05, 3.63) is 199 Å². The van der Waals surface area contributed by atoms with Crippen LogP contribution in [-0.2, 0) is 0 Å². The molecule has 0 bridgehead atoms. The maximum atomic E-state index is 16.5. The second-order valence-corrected chi connectivity index (χ2v) is 15.8. The number of halogens is 5. The van der Waals surface area contributed by atoms with Crippen molar-refractivity contribution in [2.45, 2.75) is 0 Å². The van der Waals surface area contributed by atoms with E-state index in [1.54, 1.807) is 90.5 Å². The number of hydrogen-bond donors (Lipinski definition) is 0. The highest BCUT2D eigenvalue weighted by Crippen LogP contribution is 2.48. The van der Waals surface area contributed by atoms with Crippen molar-refractivity contribution >= 4 is 49.3 Å². The molecule has 69 heavy (non-hydrogen) atoms. The minimum atomic E-state index is -2.32. The molecule has 12 aromatic rings. The molecule has 328 valence electrons. The number of hydrogen-bond acceptors (Lipinski definition) is 8. The van der Waals surface area contributed by atoms with E-state index < -0.39 is 40.2 Å². The van der Waals surface area contributed by atoms with Gasteiger partial charge in [-0.05, 0) is 54.6 Å². The zero-order chi connectivity index (χ0) is 46.9. The average molecular weight is 912 g/mol. The Kier molecular flexibility index (Phi) is 9.51. The van der Waals surface area contributed by atoms with Gasteiger partial charge in [-0.3, -0.25) is 0 Å². The zero-order valence-corrected chi connectivity index (χ0v) is 35.3. The topological polar surface area (TPSA) is 117 Å². The fourth-order valence-corrected chi connectivity index (χ4v) is 9.02. The molecular weight excluding hydrogens is 886 g/mol. The number of aromatic nitrogens is 10. The van der Waals surface area contributed by atoms with Crippen molar-refractivity contribution in [1.29, 1.82) is 0 Å². The Hall–Kier alpha value is -9.62. The highest BCUT2D eigenvalue weighted by Gasteiger charge is 2.32. The third-order valence-corrected chi connectivity index (χ3v) is 12.0. The van der Waals surface area contributed by atoms with Crippen LogP contribution in [0.15, 0.2) is 159 Å². The van der Waals surface area contributed by atoms with Gasteiger partial charge in [-0.2, -0.15) is 0 Å². The van der Waals surface area contributed by atoms with Crippen LogP contribution in [0.25, 0.3) is 117 Å². The predicted molar refractivity (Wildman–Crippen MR) is 251 cm³/mol. The highest BCUT2D eigenvalue weighted by molar-refractivity contribution is 6.14. The summed E-state index contributed by atoms with van der Waals surface area (Å²) in [5.41, 5.74) is 2.38. The molecule has 6 aromatic carbocycles. The SMILES string of the molecule is [C-]#[N+]c1c(-n2c3cc(-c4ncccn4)ccc3c3ccc(-c4ncccn4)cc32)ccc(-c2c(F)c(F)c(F)c(F)c2F)c1-n1c2cc(-c3ncccn3)ccc2c2ccc(-c3ncccn3)cc21. The van der Waals surface area contributed by atoms with Crippen LogP contribution in [0.5, 0.6) is 0 Å². The van der Waals surface area contributed by atoms with Gasteiger partial charge in [0, 0.05) is 98.9 Å². The molecule has 0 unspecified atom stereocenters. The third kappa shape index (κ3) is 6.47. The van der Waals surface area contributed by atoms with Crippen LogP contribution in [0.1, 0.15) is 0 Å². The van der Waals surface area contributed by atoms with Crippen molar-refractivity contribution in [2.24, 2.45) is 0 Å². The summed E-state index contributed by atoms with van der Waals surface area (Å²) in [5, 5.41) is 2.74. The number of rotatable bonds is 7. The van der Waals surface area contributed by atoms with E-state index in [1.165, 1.54) is 12.1 Å². The van der Waals surface area contributed by atoms with Crippen LogP contribution < -0.4 is 0 Å². The van der Waals surface area contributed by atoms with Crippen molar-refractivity contribution in [3.8, 4) is 68.1 Å². The van der Waals surface area contributed by atoms with E-state index in [2.05, 4.69) is 44.7 Å². The van der Waals surface area contributed by atoms with E-state index in [0.29, 0.717) is 78.4 Å². The third-order valence-electron chi connectivity index (χ3n) is 12.0. The van der Waals surface area contributed by atoms with Gasteiger partial charge in [-0.25, -0.2) is 66.7 Å². The number of benzene rings is 6. The summed E-state index contributed by atoms with van der Waals surface area (Å²) in [6.45, 7) is 9.08. The van der Waals surface area contributed by atoms with Crippen LogP contribution in [0.4, 0.5) is 27.6 Å². The summed E-state index contributed by atoms with van der Waals surface area (Å²) >= 11 is 0. The average Bonchev–Trinajstić information content (AvgIpc) is 3.91. The van der Waals surface area contributed by atoms with E-state index in [9.17, 15) is 4.39 Å². The van der Waals surface area contributed by atoms with Crippen LogP contribution in [0, 0.1) is 35.7 Å². The lowest BCUT2D eigenvalue weighted by atomic mass is 9.98. The smallest absolute Gasteiger partial charge is 0.234 e.